The summed E-state index contributed by atoms with van der Waals surface area (Å²) in [7, 11) is -2.16. The van der Waals surface area contributed by atoms with Crippen LogP contribution in [0.1, 0.15) is 12.2 Å². The van der Waals surface area contributed by atoms with Gasteiger partial charge in [-0.25, -0.2) is 18.1 Å². The summed E-state index contributed by atoms with van der Waals surface area (Å²) in [6, 6.07) is 16.0. The van der Waals surface area contributed by atoms with Crippen LogP contribution in [0.2, 0.25) is 0 Å². The molecule has 0 saturated heterocycles. The molecule has 0 fully saturated rings. The highest BCUT2D eigenvalue weighted by Crippen LogP contribution is 2.22. The van der Waals surface area contributed by atoms with Gasteiger partial charge in [0.15, 0.2) is 11.6 Å². The van der Waals surface area contributed by atoms with Crippen LogP contribution in [0.3, 0.4) is 0 Å². The average molecular weight is 473 g/mol. The minimum atomic E-state index is -3.83. The number of para-hydroxylation sites is 1. The maximum Gasteiger partial charge on any atom is 0.307 e. The molecule has 0 bridgehead atoms. The highest BCUT2D eigenvalue weighted by Gasteiger charge is 2.18. The van der Waals surface area contributed by atoms with Crippen LogP contribution in [0.15, 0.2) is 65.8 Å². The molecule has 0 atom stereocenters. The highest BCUT2D eigenvalue weighted by molar-refractivity contribution is 7.89. The van der Waals surface area contributed by atoms with Crippen LogP contribution in [0.25, 0.3) is 0 Å². The van der Waals surface area contributed by atoms with Crippen molar-refractivity contribution in [3.05, 3.63) is 66.6 Å². The second kappa shape index (κ2) is 10.7. The molecule has 174 valence electrons. The van der Waals surface area contributed by atoms with Crippen molar-refractivity contribution in [3.8, 4) is 11.5 Å². The molecule has 0 unspecified atom stereocenters. The fraction of sp³-hybridized carbons (Fsp3) is 0.227. The number of sulfonamides is 1. The number of nitrogens with zero attached hydrogens (tertiary/aromatic N) is 2. The molecule has 0 radical (unpaired) electrons. The molecule has 1 heterocycles. The molecular weight excluding hydrogens is 448 g/mol. The predicted octanol–water partition coefficient (Wildman–Crippen LogP) is 2.37. The number of benzene rings is 2. The number of aromatic nitrogens is 2. The summed E-state index contributed by atoms with van der Waals surface area (Å²) in [5.74, 6) is 0.605. The summed E-state index contributed by atoms with van der Waals surface area (Å²) in [5, 5.41) is 2.47. The minimum Gasteiger partial charge on any atom is -0.457 e. The van der Waals surface area contributed by atoms with Crippen LogP contribution in [0, 0.1) is 6.92 Å². The number of hydrogen-bond acceptors (Lipinski definition) is 7. The Bertz CT molecular complexity index is 1190. The molecule has 33 heavy (non-hydrogen) atoms. The Labute approximate surface area is 191 Å². The molecule has 0 aliphatic carbocycles. The van der Waals surface area contributed by atoms with Gasteiger partial charge in [0.1, 0.15) is 17.3 Å². The second-order valence-corrected chi connectivity index (χ2v) is 8.75. The van der Waals surface area contributed by atoms with Crippen molar-refractivity contribution in [2.75, 3.05) is 18.5 Å². The topological polar surface area (TPSA) is 129 Å². The van der Waals surface area contributed by atoms with E-state index in [0.29, 0.717) is 23.0 Å². The quantitative estimate of drug-likeness (QED) is 0.434. The van der Waals surface area contributed by atoms with Gasteiger partial charge in [0.25, 0.3) is 15.9 Å². The molecule has 0 aliphatic rings. The van der Waals surface area contributed by atoms with Crippen LogP contribution >= 0.6 is 0 Å². The molecule has 1 aromatic heterocycles. The number of aryl methyl sites for hydroxylation is 2. The first-order chi connectivity index (χ1) is 15.7. The van der Waals surface area contributed by atoms with Crippen LogP contribution in [-0.4, -0.2) is 43.0 Å². The van der Waals surface area contributed by atoms with Gasteiger partial charge in [-0.3, -0.25) is 9.59 Å². The number of ether oxygens (including phenoxy) is 2. The number of rotatable bonds is 10. The number of imidazole rings is 1. The molecule has 1 amide bonds. The zero-order valence-corrected chi connectivity index (χ0v) is 19.0. The monoisotopic (exact) mass is 472 g/mol. The number of carbonyl (C=O) groups excluding carboxylic acids is 2. The van der Waals surface area contributed by atoms with E-state index in [0.717, 1.165) is 0 Å². The lowest BCUT2D eigenvalue weighted by Crippen LogP contribution is -2.28. The summed E-state index contributed by atoms with van der Waals surface area (Å²) in [6.07, 6.45) is 1.14. The SMILES string of the molecule is Cc1nc(S(=O)(=O)NCCC(=O)OCC(=O)Nc2ccc(Oc3ccccc3)cc2)cn1C. The Morgan fingerprint density at radius 1 is 1.03 bits per heavy atom. The number of nitrogens with one attached hydrogen (secondary N) is 2. The van der Waals surface area contributed by atoms with Crippen molar-refractivity contribution in [2.45, 2.75) is 18.4 Å². The minimum absolute atomic E-state index is 0.129. The summed E-state index contributed by atoms with van der Waals surface area (Å²) < 4.78 is 38.8. The molecule has 0 spiro atoms. The largest absolute Gasteiger partial charge is 0.457 e. The molecule has 10 nitrogen and oxygen atoms in total. The van der Waals surface area contributed by atoms with Crippen LogP contribution in [-0.2, 0) is 31.4 Å². The summed E-state index contributed by atoms with van der Waals surface area (Å²) in [6.45, 7) is 1.00. The molecule has 3 aromatic rings. The van der Waals surface area contributed by atoms with Crippen LogP contribution < -0.4 is 14.8 Å². The van der Waals surface area contributed by atoms with Crippen LogP contribution in [0.4, 0.5) is 5.69 Å². The maximum atomic E-state index is 12.2. The third-order valence-corrected chi connectivity index (χ3v) is 5.80. The number of carbonyl (C=O) groups is 2. The van der Waals surface area contributed by atoms with Crippen molar-refractivity contribution in [1.82, 2.24) is 14.3 Å². The fourth-order valence-electron chi connectivity index (χ4n) is 2.66. The molecule has 0 aliphatic heterocycles. The molecule has 2 N–H and O–H groups in total. The van der Waals surface area contributed by atoms with E-state index < -0.39 is 28.5 Å². The number of anilines is 1. The van der Waals surface area contributed by atoms with E-state index in [1.807, 2.05) is 30.3 Å². The first-order valence-electron chi connectivity index (χ1n) is 10.0. The second-order valence-electron chi connectivity index (χ2n) is 7.03. The van der Waals surface area contributed by atoms with E-state index in [1.165, 1.54) is 6.20 Å². The van der Waals surface area contributed by atoms with Crippen molar-refractivity contribution >= 4 is 27.6 Å². The summed E-state index contributed by atoms with van der Waals surface area (Å²) >= 11 is 0. The maximum absolute atomic E-state index is 12.2. The van der Waals surface area contributed by atoms with Gasteiger partial charge in [0.05, 0.1) is 6.42 Å². The number of esters is 1. The van der Waals surface area contributed by atoms with Crippen LogP contribution in [0.5, 0.6) is 11.5 Å². The van der Waals surface area contributed by atoms with E-state index in [9.17, 15) is 18.0 Å². The first kappa shape index (κ1) is 24.0. The van der Waals surface area contributed by atoms with Crippen molar-refractivity contribution in [1.29, 1.82) is 0 Å². The number of hydrogen-bond donors (Lipinski definition) is 2. The molecule has 11 heteroatoms. The van der Waals surface area contributed by atoms with E-state index in [1.54, 1.807) is 42.8 Å². The van der Waals surface area contributed by atoms with Gasteiger partial charge in [-0.05, 0) is 43.3 Å². The molecule has 3 rings (SSSR count). The Morgan fingerprint density at radius 3 is 2.33 bits per heavy atom. The standard InChI is InChI=1S/C22H24N4O6S/c1-16-24-21(14-26(16)2)33(29,30)23-13-12-22(28)31-15-20(27)25-17-8-10-19(11-9-17)32-18-6-4-3-5-7-18/h3-11,14,23H,12-13,15H2,1-2H3,(H,25,27). The fourth-order valence-corrected chi connectivity index (χ4v) is 3.73. The Hall–Kier alpha value is -3.70. The van der Waals surface area contributed by atoms with Crippen molar-refractivity contribution < 1.29 is 27.5 Å². The normalized spacial score (nSPS) is 11.1. The van der Waals surface area contributed by atoms with E-state index >= 15 is 0 Å². The van der Waals surface area contributed by atoms with Gasteiger partial charge >= 0.3 is 5.97 Å². The third kappa shape index (κ3) is 7.16. The average Bonchev–Trinajstić information content (AvgIpc) is 3.13. The molecule has 0 saturated carbocycles. The van der Waals surface area contributed by atoms with E-state index in [-0.39, 0.29) is 18.0 Å². The highest BCUT2D eigenvalue weighted by atomic mass is 32.2. The Balaban J connectivity index is 1.38. The van der Waals surface area contributed by atoms with Crippen molar-refractivity contribution in [2.24, 2.45) is 7.05 Å². The van der Waals surface area contributed by atoms with Gasteiger partial charge in [0, 0.05) is 25.5 Å². The zero-order chi connectivity index (χ0) is 23.8. The zero-order valence-electron chi connectivity index (χ0n) is 18.1. The summed E-state index contributed by atoms with van der Waals surface area (Å²) in [4.78, 5) is 27.8. The van der Waals surface area contributed by atoms with Gasteiger partial charge in [-0.15, -0.1) is 0 Å². The number of amides is 1. The molecular formula is C22H24N4O6S. The Kier molecular flexibility index (Phi) is 7.80. The van der Waals surface area contributed by atoms with Crippen molar-refractivity contribution in [3.63, 3.8) is 0 Å². The van der Waals surface area contributed by atoms with E-state index in [4.69, 9.17) is 9.47 Å². The lowest BCUT2D eigenvalue weighted by molar-refractivity contribution is -0.147. The Morgan fingerprint density at radius 2 is 1.70 bits per heavy atom. The smallest absolute Gasteiger partial charge is 0.307 e. The molecule has 2 aromatic carbocycles. The lowest BCUT2D eigenvalue weighted by atomic mass is 10.3. The van der Waals surface area contributed by atoms with Gasteiger partial charge in [0.2, 0.25) is 0 Å². The predicted molar refractivity (Wildman–Crippen MR) is 120 cm³/mol. The van der Waals surface area contributed by atoms with Gasteiger partial charge in [-0.1, -0.05) is 18.2 Å². The lowest BCUT2D eigenvalue weighted by Gasteiger charge is -2.09. The van der Waals surface area contributed by atoms with Gasteiger partial charge in [-0.2, -0.15) is 0 Å². The third-order valence-electron chi connectivity index (χ3n) is 4.46. The van der Waals surface area contributed by atoms with E-state index in [2.05, 4.69) is 15.0 Å². The first-order valence-corrected chi connectivity index (χ1v) is 11.5. The summed E-state index contributed by atoms with van der Waals surface area (Å²) in [5.41, 5.74) is 0.509. The van der Waals surface area contributed by atoms with Gasteiger partial charge < -0.3 is 19.4 Å².